The lowest BCUT2D eigenvalue weighted by molar-refractivity contribution is -0.897. The standard InChI is InChI=1S/C35H40F6N3O6/c36-34(37,38)28-20-25(21-29(22-28)35(39,40)41)19-27-10-9-26-18-24(8-11-30(26)33(27)46)23-44(48)15-13-42(14-16-44)31(45)6-2-1-4-12-43(47)50-32-7-3-5-17-49-32/h8,11,18-22,32H,1-7,9-10,12-17,23H2/q+1/b27-19+. The van der Waals surface area contributed by atoms with Crippen LogP contribution >= 0.6 is 0 Å². The number of hydrogen-bond acceptors (Lipinski definition) is 6. The second kappa shape index (κ2) is 15.6. The van der Waals surface area contributed by atoms with E-state index >= 15 is 0 Å². The Balaban J connectivity index is 1.10. The number of carbonyl (C=O) groups is 2. The molecule has 1 amide bonds. The van der Waals surface area contributed by atoms with Gasteiger partial charge in [-0.15, -0.1) is 0 Å². The van der Waals surface area contributed by atoms with E-state index in [9.17, 15) is 46.0 Å². The number of hydroxylamine groups is 3. The minimum absolute atomic E-state index is 0.0435. The number of Topliss-reactive ketones (excluding diaryl/α,β-unsaturated/α-hetero) is 1. The van der Waals surface area contributed by atoms with Gasteiger partial charge in [0.1, 0.15) is 6.54 Å². The van der Waals surface area contributed by atoms with Crippen LogP contribution in [0.15, 0.2) is 42.0 Å². The number of amides is 1. The predicted octanol–water partition coefficient (Wildman–Crippen LogP) is 7.39. The molecule has 0 saturated carbocycles. The van der Waals surface area contributed by atoms with E-state index in [4.69, 9.17) is 9.57 Å². The molecule has 2 aromatic carbocycles. The predicted molar refractivity (Wildman–Crippen MR) is 169 cm³/mol. The molecule has 1 aliphatic carbocycles. The Morgan fingerprint density at radius 1 is 0.980 bits per heavy atom. The maximum atomic E-state index is 13.6. The van der Waals surface area contributed by atoms with Crippen LogP contribution in [0, 0.1) is 10.1 Å². The van der Waals surface area contributed by atoms with Crippen LogP contribution in [-0.4, -0.2) is 71.8 Å². The largest absolute Gasteiger partial charge is 0.632 e. The molecule has 0 bridgehead atoms. The average Bonchev–Trinajstić information content (AvgIpc) is 3.05. The van der Waals surface area contributed by atoms with E-state index in [2.05, 4.69) is 0 Å². The zero-order valence-corrected chi connectivity index (χ0v) is 27.5. The minimum Gasteiger partial charge on any atom is -0.632 e. The van der Waals surface area contributed by atoms with Crippen molar-refractivity contribution in [1.82, 2.24) is 4.90 Å². The second-order valence-corrected chi connectivity index (χ2v) is 13.1. The van der Waals surface area contributed by atoms with E-state index in [1.54, 1.807) is 23.1 Å². The van der Waals surface area contributed by atoms with E-state index in [1.807, 2.05) is 0 Å². The van der Waals surface area contributed by atoms with Crippen molar-refractivity contribution >= 4 is 17.8 Å². The van der Waals surface area contributed by atoms with Crippen molar-refractivity contribution in [2.24, 2.45) is 0 Å². The molecule has 0 radical (unpaired) electrons. The normalized spacial score (nSPS) is 20.5. The van der Waals surface area contributed by atoms with Crippen LogP contribution in [0.25, 0.3) is 6.08 Å². The van der Waals surface area contributed by atoms with Crippen molar-refractivity contribution in [3.8, 4) is 0 Å². The van der Waals surface area contributed by atoms with Gasteiger partial charge in [-0.05, 0) is 80.0 Å². The molecule has 0 N–H and O–H groups in total. The number of benzene rings is 2. The van der Waals surface area contributed by atoms with E-state index in [1.165, 1.54) is 0 Å². The van der Waals surface area contributed by atoms with Crippen LogP contribution in [0.2, 0.25) is 0 Å². The van der Waals surface area contributed by atoms with Crippen LogP contribution in [0.3, 0.4) is 0 Å². The van der Waals surface area contributed by atoms with Crippen LogP contribution in [0.1, 0.15) is 89.5 Å². The summed E-state index contributed by atoms with van der Waals surface area (Å²) in [6.07, 6.45) is -4.19. The number of aryl methyl sites for hydroxylation is 1. The summed E-state index contributed by atoms with van der Waals surface area (Å²) in [6, 6.07) is 6.16. The molecule has 3 aliphatic rings. The summed E-state index contributed by atoms with van der Waals surface area (Å²) in [4.78, 5) is 45.3. The topological polar surface area (TPSA) is 99.0 Å². The molecule has 2 fully saturated rings. The number of unbranched alkanes of at least 4 members (excludes halogenated alkanes) is 2. The van der Waals surface area contributed by atoms with E-state index in [0.717, 1.165) is 18.9 Å². The molecule has 5 rings (SSSR count). The molecule has 15 heteroatoms. The smallest absolute Gasteiger partial charge is 0.416 e. The fourth-order valence-corrected chi connectivity index (χ4v) is 6.53. The Morgan fingerprint density at radius 3 is 2.32 bits per heavy atom. The van der Waals surface area contributed by atoms with Crippen molar-refractivity contribution in [3.63, 3.8) is 0 Å². The molecule has 2 aromatic rings. The van der Waals surface area contributed by atoms with Gasteiger partial charge < -0.3 is 19.5 Å². The van der Waals surface area contributed by atoms with Crippen LogP contribution in [0.5, 0.6) is 0 Å². The first-order chi connectivity index (χ1) is 23.6. The molecule has 50 heavy (non-hydrogen) atoms. The lowest BCUT2D eigenvalue weighted by atomic mass is 9.85. The third-order valence-corrected chi connectivity index (χ3v) is 9.30. The number of ether oxygens (including phenoxy) is 1. The minimum atomic E-state index is -5.00. The fraction of sp³-hybridized carbons (Fsp3) is 0.543. The molecular weight excluding hydrogens is 672 g/mol. The number of hydrogen-bond donors (Lipinski definition) is 0. The summed E-state index contributed by atoms with van der Waals surface area (Å²) in [6.45, 7) is 1.88. The third-order valence-electron chi connectivity index (χ3n) is 9.30. The van der Waals surface area contributed by atoms with Crippen LogP contribution in [0.4, 0.5) is 26.3 Å². The number of piperazine rings is 1. The lowest BCUT2D eigenvalue weighted by Crippen LogP contribution is -2.56. The molecule has 2 saturated heterocycles. The first-order valence-corrected chi connectivity index (χ1v) is 16.8. The highest BCUT2D eigenvalue weighted by Gasteiger charge is 2.37. The number of ketones is 1. The number of alkyl halides is 6. The van der Waals surface area contributed by atoms with E-state index in [-0.39, 0.29) is 61.3 Å². The molecule has 1 unspecified atom stereocenters. The van der Waals surface area contributed by atoms with Crippen molar-refractivity contribution in [2.45, 2.75) is 83.0 Å². The molecule has 1 atom stereocenters. The van der Waals surface area contributed by atoms with Gasteiger partial charge in [0.2, 0.25) is 17.4 Å². The molecule has 9 nitrogen and oxygen atoms in total. The van der Waals surface area contributed by atoms with Gasteiger partial charge in [-0.3, -0.25) is 9.59 Å². The number of halogens is 6. The molecule has 2 aliphatic heterocycles. The van der Waals surface area contributed by atoms with Gasteiger partial charge in [0.25, 0.3) is 6.29 Å². The highest BCUT2D eigenvalue weighted by Crippen LogP contribution is 2.37. The second-order valence-electron chi connectivity index (χ2n) is 13.1. The number of allylic oxidation sites excluding steroid dienone is 1. The van der Waals surface area contributed by atoms with Gasteiger partial charge in [-0.1, -0.05) is 12.1 Å². The lowest BCUT2D eigenvalue weighted by Gasteiger charge is -2.48. The zero-order chi connectivity index (χ0) is 36.1. The highest BCUT2D eigenvalue weighted by molar-refractivity contribution is 6.13. The van der Waals surface area contributed by atoms with Crippen molar-refractivity contribution < 1.29 is 55.1 Å². The number of quaternary nitrogens is 1. The van der Waals surface area contributed by atoms with Crippen molar-refractivity contribution in [1.29, 1.82) is 0 Å². The van der Waals surface area contributed by atoms with E-state index in [0.29, 0.717) is 86.4 Å². The van der Waals surface area contributed by atoms with Gasteiger partial charge in [0.15, 0.2) is 5.78 Å². The average molecular weight is 713 g/mol. The number of fused-ring (bicyclic) bond motifs is 1. The number of nitrogens with zero attached hydrogens (tertiary/aromatic N) is 3. The fourth-order valence-electron chi connectivity index (χ4n) is 6.53. The first-order valence-electron chi connectivity index (χ1n) is 16.8. The Bertz CT molecular complexity index is 1560. The van der Waals surface area contributed by atoms with Gasteiger partial charge in [0.05, 0.1) is 48.8 Å². The monoisotopic (exact) mass is 712 g/mol. The maximum absolute atomic E-state index is 13.6. The van der Waals surface area contributed by atoms with Crippen LogP contribution in [-0.2, 0) is 39.7 Å². The molecule has 0 aromatic heterocycles. The third kappa shape index (κ3) is 9.91. The molecular formula is C35H40F6N3O6+. The zero-order valence-electron chi connectivity index (χ0n) is 27.5. The highest BCUT2D eigenvalue weighted by atomic mass is 19.4. The summed E-state index contributed by atoms with van der Waals surface area (Å²) in [5.74, 6) is -0.535. The Labute approximate surface area is 285 Å². The Hall–Kier alpha value is -3.82. The summed E-state index contributed by atoms with van der Waals surface area (Å²) in [7, 11) is 0. The molecule has 0 spiro atoms. The quantitative estimate of drug-likeness (QED) is 0.0602. The first kappa shape index (κ1) is 37.4. The van der Waals surface area contributed by atoms with Gasteiger partial charge >= 0.3 is 12.4 Å². The summed E-state index contributed by atoms with van der Waals surface area (Å²) in [5.41, 5.74) is -1.55. The summed E-state index contributed by atoms with van der Waals surface area (Å²) < 4.78 is 84.7. The van der Waals surface area contributed by atoms with Crippen molar-refractivity contribution in [3.05, 3.63) is 85.5 Å². The van der Waals surface area contributed by atoms with Crippen LogP contribution < -0.4 is 0 Å². The van der Waals surface area contributed by atoms with Gasteiger partial charge in [0, 0.05) is 36.0 Å². The molecule has 2 heterocycles. The Morgan fingerprint density at radius 2 is 1.68 bits per heavy atom. The van der Waals surface area contributed by atoms with Crippen molar-refractivity contribution in [2.75, 3.05) is 39.3 Å². The maximum Gasteiger partial charge on any atom is 0.416 e. The van der Waals surface area contributed by atoms with Gasteiger partial charge in [-0.2, -0.15) is 31.2 Å². The number of rotatable bonds is 11. The number of carbonyl (C=O) groups excluding carboxylic acids is 2. The summed E-state index contributed by atoms with van der Waals surface area (Å²) >= 11 is 0. The SMILES string of the molecule is O=C1/C(=C/c2cc(C(F)(F)F)cc(C(F)(F)F)c2)CCc2cc(C[N+]3([O-])CCN(C(=O)CCCCC[N+](=O)OC4CCCCO4)CC3)ccc21. The Kier molecular flexibility index (Phi) is 11.7. The van der Waals surface area contributed by atoms with Gasteiger partial charge in [-0.25, -0.2) is 0 Å². The molecule has 272 valence electrons. The summed E-state index contributed by atoms with van der Waals surface area (Å²) in [5, 5.41) is 13.6. The van der Waals surface area contributed by atoms with E-state index < -0.39 is 40.2 Å².